The quantitative estimate of drug-likeness (QED) is 0.253. The van der Waals surface area contributed by atoms with Crippen LogP contribution in [0.4, 0.5) is 19.3 Å². The number of aliphatic hydroxyl groups is 1. The number of halogens is 2. The first-order valence-electron chi connectivity index (χ1n) is 13.5. The Morgan fingerprint density at radius 2 is 1.56 bits per heavy atom. The van der Waals surface area contributed by atoms with E-state index in [1.54, 1.807) is 42.2 Å². The number of amides is 2. The lowest BCUT2D eigenvalue weighted by Crippen LogP contribution is -2.48. The number of urea groups is 1. The summed E-state index contributed by atoms with van der Waals surface area (Å²) in [6, 6.07) is 13.6. The molecule has 1 saturated heterocycles. The predicted molar refractivity (Wildman–Crippen MR) is 150 cm³/mol. The molecular formula is C31H34F2N2O6. The first-order valence-corrected chi connectivity index (χ1v) is 13.5. The normalized spacial score (nSPS) is 15.3. The Bertz CT molecular complexity index is 1390. The summed E-state index contributed by atoms with van der Waals surface area (Å²) in [5.41, 5.74) is 0.115. The number of benzene rings is 3. The molecule has 1 fully saturated rings. The molecule has 10 heteroatoms. The molecule has 4 rings (SSSR count). The highest BCUT2D eigenvalue weighted by atomic mass is 19.1. The van der Waals surface area contributed by atoms with E-state index in [-0.39, 0.29) is 23.3 Å². The first kappa shape index (κ1) is 29.8. The molecule has 41 heavy (non-hydrogen) atoms. The summed E-state index contributed by atoms with van der Waals surface area (Å²) in [4.78, 5) is 26.0. The number of hydrogen-bond donors (Lipinski definition) is 3. The van der Waals surface area contributed by atoms with E-state index in [4.69, 9.17) is 9.47 Å². The molecule has 1 aliphatic rings. The lowest BCUT2D eigenvalue weighted by molar-refractivity contribution is -0.138. The van der Waals surface area contributed by atoms with Gasteiger partial charge in [0.15, 0.2) is 11.6 Å². The molecule has 0 saturated carbocycles. The molecular weight excluding hydrogens is 534 g/mol. The van der Waals surface area contributed by atoms with Gasteiger partial charge in [-0.15, -0.1) is 0 Å². The summed E-state index contributed by atoms with van der Waals surface area (Å²) < 4.78 is 39.3. The lowest BCUT2D eigenvalue weighted by Gasteiger charge is -2.39. The molecule has 0 aromatic heterocycles. The van der Waals surface area contributed by atoms with Crippen molar-refractivity contribution >= 4 is 17.7 Å². The van der Waals surface area contributed by atoms with Gasteiger partial charge in [0.05, 0.1) is 11.5 Å². The summed E-state index contributed by atoms with van der Waals surface area (Å²) >= 11 is 0. The number of piperidine rings is 1. The standard InChI is InChI=1S/C31H34F2N2O6/c1-19(2)18-31(39)10-12-35(13-11-31)30(38)34-23-15-25(40-24-7-4-21(5-8-24)20(3)29(36)37)17-26(16-23)41-28-9-6-22(32)14-27(28)33/h4-9,14-17,19-20,39H,10-13,18H2,1-3H3,(H,34,38)(H,36,37). The van der Waals surface area contributed by atoms with Gasteiger partial charge in [-0.3, -0.25) is 4.79 Å². The van der Waals surface area contributed by atoms with Crippen molar-refractivity contribution in [2.24, 2.45) is 5.92 Å². The summed E-state index contributed by atoms with van der Waals surface area (Å²) in [6.07, 6.45) is 1.60. The molecule has 2 amide bonds. The Kier molecular flexibility index (Phi) is 9.12. The minimum absolute atomic E-state index is 0.129. The number of carbonyl (C=O) groups is 2. The highest BCUT2D eigenvalue weighted by molar-refractivity contribution is 5.90. The Morgan fingerprint density at radius 3 is 2.15 bits per heavy atom. The molecule has 8 nitrogen and oxygen atoms in total. The third-order valence-electron chi connectivity index (χ3n) is 7.01. The number of nitrogens with one attached hydrogen (secondary N) is 1. The summed E-state index contributed by atoms with van der Waals surface area (Å²) in [5.74, 6) is -2.38. The number of hydrogen-bond acceptors (Lipinski definition) is 5. The predicted octanol–water partition coefficient (Wildman–Crippen LogP) is 7.14. The number of likely N-dealkylation sites (tertiary alicyclic amines) is 1. The third-order valence-corrected chi connectivity index (χ3v) is 7.01. The second kappa shape index (κ2) is 12.6. The number of nitrogens with zero attached hydrogens (tertiary/aromatic N) is 1. The molecule has 0 spiro atoms. The van der Waals surface area contributed by atoms with Crippen LogP contribution < -0.4 is 14.8 Å². The molecule has 0 radical (unpaired) electrons. The maximum Gasteiger partial charge on any atom is 0.321 e. The molecule has 3 aromatic carbocycles. The first-order chi connectivity index (χ1) is 19.4. The van der Waals surface area contributed by atoms with Crippen LogP contribution in [0.1, 0.15) is 51.5 Å². The molecule has 0 aliphatic carbocycles. The Labute approximate surface area is 237 Å². The van der Waals surface area contributed by atoms with E-state index in [1.807, 2.05) is 0 Å². The molecule has 3 N–H and O–H groups in total. The van der Waals surface area contributed by atoms with Crippen LogP contribution in [0.25, 0.3) is 0 Å². The van der Waals surface area contributed by atoms with Crippen molar-refractivity contribution < 1.29 is 38.1 Å². The van der Waals surface area contributed by atoms with Gasteiger partial charge < -0.3 is 29.9 Å². The minimum Gasteiger partial charge on any atom is -0.481 e. The molecule has 1 heterocycles. The number of aliphatic carboxylic acids is 1. The fraction of sp³-hybridized carbons (Fsp3) is 0.355. The number of carbonyl (C=O) groups excluding carboxylic acids is 1. The van der Waals surface area contributed by atoms with Crippen LogP contribution in [0.5, 0.6) is 23.0 Å². The number of carboxylic acids is 1. The average Bonchev–Trinajstić information content (AvgIpc) is 2.90. The van der Waals surface area contributed by atoms with Crippen molar-refractivity contribution in [2.75, 3.05) is 18.4 Å². The SMILES string of the molecule is CC(C)CC1(O)CCN(C(=O)Nc2cc(Oc3ccc(C(C)C(=O)O)cc3)cc(Oc3ccc(F)cc3F)c2)CC1. The summed E-state index contributed by atoms with van der Waals surface area (Å²) in [6.45, 7) is 6.45. The second-order valence-electron chi connectivity index (χ2n) is 10.8. The van der Waals surface area contributed by atoms with E-state index >= 15 is 0 Å². The second-order valence-corrected chi connectivity index (χ2v) is 10.8. The number of carboxylic acid groups (broad SMARTS) is 1. The van der Waals surface area contributed by atoms with E-state index in [0.717, 1.165) is 12.1 Å². The fourth-order valence-electron chi connectivity index (χ4n) is 4.84. The maximum atomic E-state index is 14.3. The minimum atomic E-state index is -0.949. The third kappa shape index (κ3) is 7.94. The zero-order valence-electron chi connectivity index (χ0n) is 23.2. The van der Waals surface area contributed by atoms with Crippen LogP contribution in [0, 0.1) is 17.6 Å². The van der Waals surface area contributed by atoms with Crippen molar-refractivity contribution in [2.45, 2.75) is 51.6 Å². The smallest absolute Gasteiger partial charge is 0.321 e. The van der Waals surface area contributed by atoms with Crippen molar-refractivity contribution in [3.8, 4) is 23.0 Å². The van der Waals surface area contributed by atoms with Gasteiger partial charge in [-0.2, -0.15) is 0 Å². The Balaban J connectivity index is 1.54. The van der Waals surface area contributed by atoms with Crippen molar-refractivity contribution in [1.29, 1.82) is 0 Å². The van der Waals surface area contributed by atoms with Crippen LogP contribution in [0.15, 0.2) is 60.7 Å². The molecule has 0 bridgehead atoms. The molecule has 1 unspecified atom stereocenters. The summed E-state index contributed by atoms with van der Waals surface area (Å²) in [7, 11) is 0. The highest BCUT2D eigenvalue weighted by Crippen LogP contribution is 2.35. The largest absolute Gasteiger partial charge is 0.481 e. The van der Waals surface area contributed by atoms with Gasteiger partial charge in [-0.1, -0.05) is 26.0 Å². The van der Waals surface area contributed by atoms with Crippen molar-refractivity contribution in [3.05, 3.63) is 77.9 Å². The van der Waals surface area contributed by atoms with Crippen LogP contribution in [-0.4, -0.2) is 45.8 Å². The van der Waals surface area contributed by atoms with Gasteiger partial charge in [-0.05, 0) is 61.9 Å². The summed E-state index contributed by atoms with van der Waals surface area (Å²) in [5, 5.41) is 22.9. The van der Waals surface area contributed by atoms with Crippen LogP contribution >= 0.6 is 0 Å². The Hall–Kier alpha value is -4.18. The molecule has 1 atom stereocenters. The van der Waals surface area contributed by atoms with E-state index in [9.17, 15) is 28.6 Å². The van der Waals surface area contributed by atoms with Gasteiger partial charge in [0.2, 0.25) is 0 Å². The fourth-order valence-corrected chi connectivity index (χ4v) is 4.84. The number of anilines is 1. The zero-order valence-corrected chi connectivity index (χ0v) is 23.2. The van der Waals surface area contributed by atoms with Crippen molar-refractivity contribution in [1.82, 2.24) is 4.90 Å². The number of ether oxygens (including phenoxy) is 2. The lowest BCUT2D eigenvalue weighted by atomic mass is 9.84. The van der Waals surface area contributed by atoms with E-state index in [2.05, 4.69) is 19.2 Å². The van der Waals surface area contributed by atoms with Crippen LogP contribution in [0.3, 0.4) is 0 Å². The van der Waals surface area contributed by atoms with E-state index in [1.165, 1.54) is 12.1 Å². The highest BCUT2D eigenvalue weighted by Gasteiger charge is 2.34. The van der Waals surface area contributed by atoms with Crippen LogP contribution in [-0.2, 0) is 4.79 Å². The van der Waals surface area contributed by atoms with Gasteiger partial charge in [0.25, 0.3) is 0 Å². The van der Waals surface area contributed by atoms with Gasteiger partial charge in [0.1, 0.15) is 23.1 Å². The van der Waals surface area contributed by atoms with Gasteiger partial charge in [-0.25, -0.2) is 13.6 Å². The average molecular weight is 569 g/mol. The topological polar surface area (TPSA) is 108 Å². The molecule has 218 valence electrons. The Morgan fingerprint density at radius 1 is 0.927 bits per heavy atom. The van der Waals surface area contributed by atoms with Crippen molar-refractivity contribution in [3.63, 3.8) is 0 Å². The van der Waals surface area contributed by atoms with Gasteiger partial charge >= 0.3 is 12.0 Å². The number of rotatable bonds is 9. The van der Waals surface area contributed by atoms with Crippen LogP contribution in [0.2, 0.25) is 0 Å². The van der Waals surface area contributed by atoms with E-state index in [0.29, 0.717) is 61.3 Å². The van der Waals surface area contributed by atoms with E-state index < -0.39 is 29.1 Å². The zero-order chi connectivity index (χ0) is 29.7. The van der Waals surface area contributed by atoms with Gasteiger partial charge in [0, 0.05) is 43.0 Å². The monoisotopic (exact) mass is 568 g/mol. The molecule has 1 aliphatic heterocycles. The molecule has 3 aromatic rings. The maximum absolute atomic E-state index is 14.3.